The molecule has 4 atom stereocenters. The molecule has 1 aliphatic rings. The van der Waals surface area contributed by atoms with Gasteiger partial charge in [-0.2, -0.15) is 0 Å². The Morgan fingerprint density at radius 3 is 2.27 bits per heavy atom. The molecule has 1 fully saturated rings. The van der Waals surface area contributed by atoms with Crippen molar-refractivity contribution >= 4 is 0 Å². The van der Waals surface area contributed by atoms with Crippen molar-refractivity contribution < 1.29 is 19.7 Å². The third-order valence-corrected chi connectivity index (χ3v) is 1.84. The van der Waals surface area contributed by atoms with Crippen LogP contribution in [0.5, 0.6) is 0 Å². The van der Waals surface area contributed by atoms with Gasteiger partial charge in [0.15, 0.2) is 0 Å². The van der Waals surface area contributed by atoms with E-state index in [1.807, 2.05) is 13.8 Å². The minimum absolute atomic E-state index is 0.117. The third-order valence-electron chi connectivity index (χ3n) is 1.84. The first-order valence-electron chi connectivity index (χ1n) is 3.82. The second kappa shape index (κ2) is 3.49. The van der Waals surface area contributed by atoms with Crippen molar-refractivity contribution in [3.63, 3.8) is 0 Å². The third kappa shape index (κ3) is 1.90. The second-order valence-corrected chi connectivity index (χ2v) is 2.71. The molecule has 0 aromatic heterocycles. The molecule has 1 rings (SSSR count). The molecule has 0 aromatic rings. The molecule has 0 bridgehead atoms. The van der Waals surface area contributed by atoms with E-state index in [4.69, 9.17) is 19.7 Å². The standard InChI is InChI=1S/C7H14O4/c1-3-5-4(2)10-6(8)7(9)11-5/h4-9H,3H2,1-2H3. The van der Waals surface area contributed by atoms with Gasteiger partial charge in [0, 0.05) is 0 Å². The van der Waals surface area contributed by atoms with Crippen molar-refractivity contribution in [1.29, 1.82) is 0 Å². The first kappa shape index (κ1) is 8.93. The highest BCUT2D eigenvalue weighted by atomic mass is 16.7. The Morgan fingerprint density at radius 2 is 1.73 bits per heavy atom. The summed E-state index contributed by atoms with van der Waals surface area (Å²) in [6, 6.07) is 0. The van der Waals surface area contributed by atoms with Gasteiger partial charge in [-0.3, -0.25) is 0 Å². The minimum atomic E-state index is -1.20. The van der Waals surface area contributed by atoms with Crippen LogP contribution in [0.25, 0.3) is 0 Å². The van der Waals surface area contributed by atoms with Crippen molar-refractivity contribution in [2.24, 2.45) is 0 Å². The zero-order chi connectivity index (χ0) is 8.43. The lowest BCUT2D eigenvalue weighted by Crippen LogP contribution is -2.47. The number of aliphatic hydroxyl groups excluding tert-OH is 2. The second-order valence-electron chi connectivity index (χ2n) is 2.71. The Morgan fingerprint density at radius 1 is 1.18 bits per heavy atom. The van der Waals surface area contributed by atoms with Crippen LogP contribution in [0.15, 0.2) is 0 Å². The van der Waals surface area contributed by atoms with E-state index in [-0.39, 0.29) is 12.2 Å². The van der Waals surface area contributed by atoms with Crippen LogP contribution < -0.4 is 0 Å². The van der Waals surface area contributed by atoms with Gasteiger partial charge >= 0.3 is 0 Å². The molecule has 66 valence electrons. The van der Waals surface area contributed by atoms with Gasteiger partial charge in [0.05, 0.1) is 12.2 Å². The highest BCUT2D eigenvalue weighted by Crippen LogP contribution is 2.19. The van der Waals surface area contributed by atoms with Crippen molar-refractivity contribution in [1.82, 2.24) is 0 Å². The van der Waals surface area contributed by atoms with Crippen LogP contribution in [0.4, 0.5) is 0 Å². The molecule has 11 heavy (non-hydrogen) atoms. The summed E-state index contributed by atoms with van der Waals surface area (Å²) in [5, 5.41) is 18.0. The van der Waals surface area contributed by atoms with Crippen molar-refractivity contribution in [3.05, 3.63) is 0 Å². The van der Waals surface area contributed by atoms with E-state index in [0.29, 0.717) is 0 Å². The van der Waals surface area contributed by atoms with E-state index in [2.05, 4.69) is 0 Å². The van der Waals surface area contributed by atoms with Gasteiger partial charge in [-0.05, 0) is 13.3 Å². The van der Waals surface area contributed by atoms with Gasteiger partial charge in [0.25, 0.3) is 0 Å². The van der Waals surface area contributed by atoms with E-state index in [1.165, 1.54) is 0 Å². The van der Waals surface area contributed by atoms with E-state index in [0.717, 1.165) is 6.42 Å². The normalized spacial score (nSPS) is 45.8. The number of hydrogen-bond acceptors (Lipinski definition) is 4. The molecular formula is C7H14O4. The Balaban J connectivity index is 2.48. The van der Waals surface area contributed by atoms with E-state index in [1.54, 1.807) is 0 Å². The number of hydrogen-bond donors (Lipinski definition) is 2. The maximum Gasteiger partial charge on any atom is 0.207 e. The molecule has 2 N–H and O–H groups in total. The summed E-state index contributed by atoms with van der Waals surface area (Å²) >= 11 is 0. The first-order valence-corrected chi connectivity index (χ1v) is 3.82. The molecule has 0 amide bonds. The summed E-state index contributed by atoms with van der Waals surface area (Å²) in [4.78, 5) is 0. The zero-order valence-electron chi connectivity index (χ0n) is 6.73. The van der Waals surface area contributed by atoms with E-state index in [9.17, 15) is 0 Å². The Labute approximate surface area is 65.7 Å². The fourth-order valence-electron chi connectivity index (χ4n) is 1.16. The Bertz CT molecular complexity index is 128. The van der Waals surface area contributed by atoms with Crippen molar-refractivity contribution in [3.8, 4) is 0 Å². The molecule has 1 saturated heterocycles. The van der Waals surface area contributed by atoms with Crippen LogP contribution in [0.1, 0.15) is 20.3 Å². The summed E-state index contributed by atoms with van der Waals surface area (Å²) < 4.78 is 10.0. The summed E-state index contributed by atoms with van der Waals surface area (Å²) in [6.07, 6.45) is -1.90. The molecule has 1 heterocycles. The molecule has 0 spiro atoms. The molecule has 4 heteroatoms. The quantitative estimate of drug-likeness (QED) is 0.562. The van der Waals surface area contributed by atoms with Gasteiger partial charge in [-0.15, -0.1) is 0 Å². The molecule has 0 aliphatic carbocycles. The highest BCUT2D eigenvalue weighted by Gasteiger charge is 2.33. The monoisotopic (exact) mass is 162 g/mol. The van der Waals surface area contributed by atoms with Crippen LogP contribution in [0.3, 0.4) is 0 Å². The number of aliphatic hydroxyl groups is 2. The molecular weight excluding hydrogens is 148 g/mol. The van der Waals surface area contributed by atoms with Gasteiger partial charge in [0.2, 0.25) is 12.6 Å². The number of rotatable bonds is 1. The summed E-state index contributed by atoms with van der Waals surface area (Å²) in [7, 11) is 0. The van der Waals surface area contributed by atoms with Gasteiger partial charge in [0.1, 0.15) is 0 Å². The van der Waals surface area contributed by atoms with E-state index >= 15 is 0 Å². The maximum absolute atomic E-state index is 9.00. The predicted molar refractivity (Wildman–Crippen MR) is 37.7 cm³/mol. The Hall–Kier alpha value is -0.160. The fourth-order valence-corrected chi connectivity index (χ4v) is 1.16. The first-order chi connectivity index (χ1) is 5.15. The minimum Gasteiger partial charge on any atom is -0.364 e. The lowest BCUT2D eigenvalue weighted by Gasteiger charge is -2.35. The SMILES string of the molecule is CCC1OC(O)C(O)OC1C. The molecule has 0 aromatic carbocycles. The van der Waals surface area contributed by atoms with Gasteiger partial charge in [-0.1, -0.05) is 6.92 Å². The molecule has 1 aliphatic heterocycles. The van der Waals surface area contributed by atoms with Crippen molar-refractivity contribution in [2.45, 2.75) is 45.1 Å². The topological polar surface area (TPSA) is 58.9 Å². The molecule has 4 unspecified atom stereocenters. The van der Waals surface area contributed by atoms with Gasteiger partial charge in [-0.25, -0.2) is 0 Å². The van der Waals surface area contributed by atoms with Crippen LogP contribution >= 0.6 is 0 Å². The predicted octanol–water partition coefficient (Wildman–Crippen LogP) is -0.163. The summed E-state index contributed by atoms with van der Waals surface area (Å²) in [5.41, 5.74) is 0. The summed E-state index contributed by atoms with van der Waals surface area (Å²) in [6.45, 7) is 3.75. The summed E-state index contributed by atoms with van der Waals surface area (Å²) in [5.74, 6) is 0. The highest BCUT2D eigenvalue weighted by molar-refractivity contribution is 4.71. The average Bonchev–Trinajstić information content (AvgIpc) is 1.97. The molecule has 0 saturated carbocycles. The average molecular weight is 162 g/mol. The van der Waals surface area contributed by atoms with Crippen LogP contribution in [0, 0.1) is 0 Å². The van der Waals surface area contributed by atoms with Crippen LogP contribution in [-0.4, -0.2) is 35.0 Å². The fraction of sp³-hybridized carbons (Fsp3) is 1.00. The molecule has 4 nitrogen and oxygen atoms in total. The lowest BCUT2D eigenvalue weighted by atomic mass is 10.1. The van der Waals surface area contributed by atoms with Crippen molar-refractivity contribution in [2.75, 3.05) is 0 Å². The molecule has 0 radical (unpaired) electrons. The largest absolute Gasteiger partial charge is 0.364 e. The van der Waals surface area contributed by atoms with Crippen LogP contribution in [-0.2, 0) is 9.47 Å². The maximum atomic E-state index is 9.00. The number of ether oxygens (including phenoxy) is 2. The van der Waals surface area contributed by atoms with Crippen LogP contribution in [0.2, 0.25) is 0 Å². The van der Waals surface area contributed by atoms with E-state index < -0.39 is 12.6 Å². The lowest BCUT2D eigenvalue weighted by molar-refractivity contribution is -0.335. The zero-order valence-corrected chi connectivity index (χ0v) is 6.73. The smallest absolute Gasteiger partial charge is 0.207 e. The Kier molecular flexibility index (Phi) is 2.84. The van der Waals surface area contributed by atoms with Gasteiger partial charge < -0.3 is 19.7 Å².